The minimum absolute atomic E-state index is 0.135. The summed E-state index contributed by atoms with van der Waals surface area (Å²) in [4.78, 5) is 15.0. The van der Waals surface area contributed by atoms with Gasteiger partial charge in [-0.25, -0.2) is 0 Å². The molecule has 0 aromatic rings. The van der Waals surface area contributed by atoms with Crippen molar-refractivity contribution in [3.8, 4) is 0 Å². The van der Waals surface area contributed by atoms with Gasteiger partial charge in [-0.3, -0.25) is 4.79 Å². The Hall–Kier alpha value is -0.610. The fourth-order valence-corrected chi connectivity index (χ4v) is 3.46. The van der Waals surface area contributed by atoms with E-state index in [0.29, 0.717) is 11.8 Å². The summed E-state index contributed by atoms with van der Waals surface area (Å²) in [6.45, 7) is 9.49. The molecule has 4 heteroatoms. The summed E-state index contributed by atoms with van der Waals surface area (Å²) in [5.41, 5.74) is -0.135. The van der Waals surface area contributed by atoms with Crippen LogP contribution in [0.25, 0.3) is 0 Å². The van der Waals surface area contributed by atoms with Crippen molar-refractivity contribution in [2.24, 2.45) is 11.3 Å². The molecule has 110 valence electrons. The van der Waals surface area contributed by atoms with Crippen LogP contribution < -0.4 is 5.32 Å². The maximum atomic E-state index is 12.9. The predicted octanol–water partition coefficient (Wildman–Crippen LogP) is 1.65. The van der Waals surface area contributed by atoms with Crippen molar-refractivity contribution >= 4 is 5.91 Å². The molecule has 1 N–H and O–H groups in total. The monoisotopic (exact) mass is 268 g/mol. The quantitative estimate of drug-likeness (QED) is 0.796. The molecular weight excluding hydrogens is 240 g/mol. The number of carbonyl (C=O) groups is 1. The molecule has 0 aliphatic carbocycles. The van der Waals surface area contributed by atoms with E-state index in [1.165, 1.54) is 0 Å². The van der Waals surface area contributed by atoms with Gasteiger partial charge in [0.25, 0.3) is 0 Å². The van der Waals surface area contributed by atoms with E-state index in [1.54, 1.807) is 0 Å². The summed E-state index contributed by atoms with van der Waals surface area (Å²) < 4.78 is 5.43. The van der Waals surface area contributed by atoms with Crippen LogP contribution in [-0.4, -0.2) is 50.2 Å². The molecule has 0 aromatic heterocycles. The fourth-order valence-electron chi connectivity index (χ4n) is 3.46. The Morgan fingerprint density at radius 1 is 1.47 bits per heavy atom. The van der Waals surface area contributed by atoms with E-state index in [9.17, 15) is 4.79 Å². The van der Waals surface area contributed by atoms with Gasteiger partial charge in [0.05, 0.1) is 12.0 Å². The summed E-state index contributed by atoms with van der Waals surface area (Å²) in [5, 5.41) is 3.38. The lowest BCUT2D eigenvalue weighted by molar-refractivity contribution is -0.142. The molecule has 2 saturated heterocycles. The zero-order chi connectivity index (χ0) is 13.7. The fraction of sp³-hybridized carbons (Fsp3) is 0.933. The molecule has 0 bridgehead atoms. The highest BCUT2D eigenvalue weighted by atomic mass is 16.5. The minimum Gasteiger partial charge on any atom is -0.381 e. The molecule has 0 saturated carbocycles. The largest absolute Gasteiger partial charge is 0.381 e. The Kier molecular flexibility index (Phi) is 5.22. The van der Waals surface area contributed by atoms with Gasteiger partial charge in [0.2, 0.25) is 5.91 Å². The Balaban J connectivity index is 2.00. The molecule has 19 heavy (non-hydrogen) atoms. The van der Waals surface area contributed by atoms with Gasteiger partial charge in [0.15, 0.2) is 0 Å². The second-order valence-corrected chi connectivity index (χ2v) is 6.03. The number of nitrogens with zero attached hydrogens (tertiary/aromatic N) is 1. The Morgan fingerprint density at radius 2 is 2.32 bits per heavy atom. The minimum atomic E-state index is -0.135. The number of hydrogen-bond donors (Lipinski definition) is 1. The van der Waals surface area contributed by atoms with Gasteiger partial charge in [0.1, 0.15) is 0 Å². The van der Waals surface area contributed by atoms with Crippen LogP contribution in [-0.2, 0) is 9.53 Å². The lowest BCUT2D eigenvalue weighted by Crippen LogP contribution is -2.47. The highest BCUT2D eigenvalue weighted by molar-refractivity contribution is 5.83. The average molecular weight is 268 g/mol. The SMILES string of the molecule is CCCC1(C(=O)N(CC)CC2CCOC2)CCNC1. The Morgan fingerprint density at radius 3 is 2.84 bits per heavy atom. The van der Waals surface area contributed by atoms with Crippen LogP contribution >= 0.6 is 0 Å². The first-order valence-electron chi connectivity index (χ1n) is 7.79. The summed E-state index contributed by atoms with van der Waals surface area (Å²) in [5.74, 6) is 0.908. The topological polar surface area (TPSA) is 41.6 Å². The number of ether oxygens (including phenoxy) is 1. The number of hydrogen-bond acceptors (Lipinski definition) is 3. The molecular formula is C15H28N2O2. The zero-order valence-electron chi connectivity index (χ0n) is 12.4. The van der Waals surface area contributed by atoms with Crippen LogP contribution in [0.4, 0.5) is 0 Å². The van der Waals surface area contributed by atoms with Gasteiger partial charge in [-0.1, -0.05) is 13.3 Å². The predicted molar refractivity (Wildman–Crippen MR) is 76.0 cm³/mol. The average Bonchev–Trinajstić information content (AvgIpc) is 3.07. The molecule has 0 spiro atoms. The molecule has 1 amide bonds. The molecule has 4 nitrogen and oxygen atoms in total. The van der Waals surface area contributed by atoms with Crippen molar-refractivity contribution in [2.45, 2.75) is 39.5 Å². The maximum Gasteiger partial charge on any atom is 0.230 e. The highest BCUT2D eigenvalue weighted by Crippen LogP contribution is 2.33. The van der Waals surface area contributed by atoms with E-state index < -0.39 is 0 Å². The van der Waals surface area contributed by atoms with E-state index >= 15 is 0 Å². The summed E-state index contributed by atoms with van der Waals surface area (Å²) in [6.07, 6.45) is 4.19. The third kappa shape index (κ3) is 3.29. The second-order valence-electron chi connectivity index (χ2n) is 6.03. The molecule has 2 fully saturated rings. The van der Waals surface area contributed by atoms with Crippen LogP contribution in [0.3, 0.4) is 0 Å². The third-order valence-electron chi connectivity index (χ3n) is 4.60. The highest BCUT2D eigenvalue weighted by Gasteiger charge is 2.42. The smallest absolute Gasteiger partial charge is 0.230 e. The van der Waals surface area contributed by atoms with Crippen LogP contribution in [0.15, 0.2) is 0 Å². The van der Waals surface area contributed by atoms with Gasteiger partial charge >= 0.3 is 0 Å². The molecule has 2 unspecified atom stereocenters. The first-order valence-corrected chi connectivity index (χ1v) is 7.79. The first-order chi connectivity index (χ1) is 9.22. The lowest BCUT2D eigenvalue weighted by atomic mass is 9.81. The normalized spacial score (nSPS) is 30.7. The van der Waals surface area contributed by atoms with Crippen LogP contribution in [0, 0.1) is 11.3 Å². The molecule has 2 heterocycles. The lowest BCUT2D eigenvalue weighted by Gasteiger charge is -2.34. The number of nitrogens with one attached hydrogen (secondary N) is 1. The number of amides is 1. The van der Waals surface area contributed by atoms with Crippen molar-refractivity contribution in [1.82, 2.24) is 10.2 Å². The van der Waals surface area contributed by atoms with Gasteiger partial charge < -0.3 is 15.0 Å². The van der Waals surface area contributed by atoms with E-state index in [0.717, 1.165) is 65.1 Å². The molecule has 2 atom stereocenters. The standard InChI is InChI=1S/C15H28N2O2/c1-3-6-15(7-8-16-12-15)14(18)17(4-2)10-13-5-9-19-11-13/h13,16H,3-12H2,1-2H3. The first kappa shape index (κ1) is 14.8. The van der Waals surface area contributed by atoms with E-state index in [1.807, 2.05) is 0 Å². The van der Waals surface area contributed by atoms with Crippen LogP contribution in [0.1, 0.15) is 39.5 Å². The van der Waals surface area contributed by atoms with Crippen molar-refractivity contribution in [3.63, 3.8) is 0 Å². The molecule has 2 rings (SSSR count). The summed E-state index contributed by atoms with van der Waals surface area (Å²) in [7, 11) is 0. The van der Waals surface area contributed by atoms with Crippen molar-refractivity contribution in [1.29, 1.82) is 0 Å². The van der Waals surface area contributed by atoms with Crippen LogP contribution in [0.2, 0.25) is 0 Å². The van der Waals surface area contributed by atoms with Gasteiger partial charge in [-0.05, 0) is 32.7 Å². The van der Waals surface area contributed by atoms with Crippen LogP contribution in [0.5, 0.6) is 0 Å². The van der Waals surface area contributed by atoms with Crippen molar-refractivity contribution < 1.29 is 9.53 Å². The third-order valence-corrected chi connectivity index (χ3v) is 4.60. The van der Waals surface area contributed by atoms with E-state index in [4.69, 9.17) is 4.74 Å². The van der Waals surface area contributed by atoms with Crippen molar-refractivity contribution in [3.05, 3.63) is 0 Å². The van der Waals surface area contributed by atoms with Gasteiger partial charge in [-0.2, -0.15) is 0 Å². The molecule has 2 aliphatic heterocycles. The second kappa shape index (κ2) is 6.71. The Bertz CT molecular complexity index is 295. The van der Waals surface area contributed by atoms with Gasteiger partial charge in [0, 0.05) is 32.2 Å². The molecule has 2 aliphatic rings. The number of carbonyl (C=O) groups excluding carboxylic acids is 1. The van der Waals surface area contributed by atoms with Crippen molar-refractivity contribution in [2.75, 3.05) is 39.4 Å². The molecule has 0 radical (unpaired) electrons. The number of rotatable bonds is 6. The maximum absolute atomic E-state index is 12.9. The van der Waals surface area contributed by atoms with E-state index in [-0.39, 0.29) is 5.41 Å². The summed E-state index contributed by atoms with van der Waals surface area (Å²) in [6, 6.07) is 0. The zero-order valence-corrected chi connectivity index (χ0v) is 12.4. The van der Waals surface area contributed by atoms with Gasteiger partial charge in [-0.15, -0.1) is 0 Å². The summed E-state index contributed by atoms with van der Waals surface area (Å²) >= 11 is 0. The Labute approximate surface area is 116 Å². The van der Waals surface area contributed by atoms with E-state index in [2.05, 4.69) is 24.1 Å². The molecule has 0 aromatic carbocycles.